The van der Waals surface area contributed by atoms with E-state index in [2.05, 4.69) is 65.3 Å². The van der Waals surface area contributed by atoms with Crippen molar-refractivity contribution in [3.05, 3.63) is 87.3 Å². The summed E-state index contributed by atoms with van der Waals surface area (Å²) in [7, 11) is 0. The molecule has 0 saturated heterocycles. The second kappa shape index (κ2) is 8.21. The van der Waals surface area contributed by atoms with E-state index in [1.165, 1.54) is 11.1 Å². The summed E-state index contributed by atoms with van der Waals surface area (Å²) >= 11 is 0. The highest BCUT2D eigenvalue weighted by Crippen LogP contribution is 2.28. The zero-order chi connectivity index (χ0) is 20.4. The van der Waals surface area contributed by atoms with Crippen LogP contribution in [0.3, 0.4) is 0 Å². The average molecular weight is 389 g/mol. The molecule has 0 radical (unpaired) electrons. The molecule has 0 amide bonds. The van der Waals surface area contributed by atoms with Crippen molar-refractivity contribution in [3.8, 4) is 0 Å². The topological polar surface area (TPSA) is 41.4 Å². The van der Waals surface area contributed by atoms with E-state index in [9.17, 15) is 4.79 Å². The molecule has 150 valence electrons. The van der Waals surface area contributed by atoms with Gasteiger partial charge in [-0.05, 0) is 44.4 Å². The SMILES string of the molecule is CCc1c(C)nc2n(c1=O)CN(CCc1ccccc1)CN2c1ccc(C)cc1. The van der Waals surface area contributed by atoms with Crippen LogP contribution < -0.4 is 10.5 Å². The maximum Gasteiger partial charge on any atom is 0.259 e. The lowest BCUT2D eigenvalue weighted by molar-refractivity contribution is 0.200. The third kappa shape index (κ3) is 3.96. The molecule has 1 aliphatic heterocycles. The molecule has 5 nitrogen and oxygen atoms in total. The first-order valence-corrected chi connectivity index (χ1v) is 10.3. The largest absolute Gasteiger partial charge is 0.298 e. The second-order valence-electron chi connectivity index (χ2n) is 7.74. The van der Waals surface area contributed by atoms with Crippen molar-refractivity contribution in [1.82, 2.24) is 14.5 Å². The van der Waals surface area contributed by atoms with Crippen molar-refractivity contribution in [2.24, 2.45) is 0 Å². The molecule has 0 saturated carbocycles. The monoisotopic (exact) mass is 388 g/mol. The number of aromatic nitrogens is 2. The van der Waals surface area contributed by atoms with E-state index in [0.29, 0.717) is 19.8 Å². The van der Waals surface area contributed by atoms with Gasteiger partial charge in [-0.1, -0.05) is 55.0 Å². The minimum atomic E-state index is 0.0801. The van der Waals surface area contributed by atoms with Gasteiger partial charge in [0, 0.05) is 23.5 Å². The average Bonchev–Trinajstić information content (AvgIpc) is 2.74. The molecule has 0 bridgehead atoms. The number of fused-ring (bicyclic) bond motifs is 1. The van der Waals surface area contributed by atoms with Crippen LogP contribution in [0, 0.1) is 13.8 Å². The highest BCUT2D eigenvalue weighted by Gasteiger charge is 2.27. The molecule has 0 N–H and O–H groups in total. The first kappa shape index (κ1) is 19.4. The predicted molar refractivity (Wildman–Crippen MR) is 118 cm³/mol. The van der Waals surface area contributed by atoms with E-state index in [4.69, 9.17) is 4.98 Å². The van der Waals surface area contributed by atoms with Crippen LogP contribution in [0.2, 0.25) is 0 Å². The van der Waals surface area contributed by atoms with E-state index < -0.39 is 0 Å². The molecule has 0 unspecified atom stereocenters. The highest BCUT2D eigenvalue weighted by atomic mass is 16.1. The Morgan fingerprint density at radius 3 is 2.38 bits per heavy atom. The van der Waals surface area contributed by atoms with E-state index in [0.717, 1.165) is 35.9 Å². The first-order chi connectivity index (χ1) is 14.1. The summed E-state index contributed by atoms with van der Waals surface area (Å²) < 4.78 is 1.83. The fourth-order valence-electron chi connectivity index (χ4n) is 3.93. The predicted octanol–water partition coefficient (Wildman–Crippen LogP) is 4.03. The van der Waals surface area contributed by atoms with Crippen molar-refractivity contribution in [2.75, 3.05) is 18.1 Å². The molecule has 0 spiro atoms. The third-order valence-electron chi connectivity index (χ3n) is 5.63. The lowest BCUT2D eigenvalue weighted by Crippen LogP contribution is -2.48. The Balaban J connectivity index is 1.70. The number of anilines is 2. The normalized spacial score (nSPS) is 14.1. The Morgan fingerprint density at radius 1 is 0.966 bits per heavy atom. The zero-order valence-electron chi connectivity index (χ0n) is 17.4. The summed E-state index contributed by atoms with van der Waals surface area (Å²) in [6, 6.07) is 18.9. The summed E-state index contributed by atoms with van der Waals surface area (Å²) in [6.07, 6.45) is 1.65. The zero-order valence-corrected chi connectivity index (χ0v) is 17.4. The van der Waals surface area contributed by atoms with Gasteiger partial charge in [0.25, 0.3) is 5.56 Å². The number of hydrogen-bond donors (Lipinski definition) is 0. The Hall–Kier alpha value is -2.92. The summed E-state index contributed by atoms with van der Waals surface area (Å²) in [4.78, 5) is 22.5. The van der Waals surface area contributed by atoms with Gasteiger partial charge >= 0.3 is 0 Å². The van der Waals surface area contributed by atoms with Crippen LogP contribution in [0.1, 0.15) is 29.3 Å². The Bertz CT molecular complexity index is 1040. The maximum atomic E-state index is 13.2. The van der Waals surface area contributed by atoms with Crippen molar-refractivity contribution in [1.29, 1.82) is 0 Å². The van der Waals surface area contributed by atoms with Crippen LogP contribution in [-0.4, -0.2) is 27.7 Å². The lowest BCUT2D eigenvalue weighted by atomic mass is 10.1. The minimum absolute atomic E-state index is 0.0801. The number of aryl methyl sites for hydroxylation is 2. The molecule has 1 aromatic heterocycles. The molecule has 5 heteroatoms. The quantitative estimate of drug-likeness (QED) is 0.662. The Morgan fingerprint density at radius 2 is 1.69 bits per heavy atom. The lowest BCUT2D eigenvalue weighted by Gasteiger charge is -2.38. The molecule has 1 aliphatic rings. The van der Waals surface area contributed by atoms with Crippen molar-refractivity contribution in [3.63, 3.8) is 0 Å². The van der Waals surface area contributed by atoms with Gasteiger partial charge in [-0.2, -0.15) is 0 Å². The summed E-state index contributed by atoms with van der Waals surface area (Å²) in [6.45, 7) is 8.22. The fourth-order valence-corrected chi connectivity index (χ4v) is 3.93. The van der Waals surface area contributed by atoms with E-state index in [-0.39, 0.29) is 5.56 Å². The van der Waals surface area contributed by atoms with Crippen LogP contribution in [0.15, 0.2) is 59.4 Å². The smallest absolute Gasteiger partial charge is 0.259 e. The Labute approximate surface area is 172 Å². The van der Waals surface area contributed by atoms with Crippen LogP contribution in [0.25, 0.3) is 0 Å². The summed E-state index contributed by atoms with van der Waals surface area (Å²) in [5.74, 6) is 0.740. The van der Waals surface area contributed by atoms with Gasteiger partial charge in [0.1, 0.15) is 0 Å². The maximum absolute atomic E-state index is 13.2. The molecule has 0 aliphatic carbocycles. The summed E-state index contributed by atoms with van der Waals surface area (Å²) in [5, 5.41) is 0. The van der Waals surface area contributed by atoms with Gasteiger partial charge < -0.3 is 0 Å². The van der Waals surface area contributed by atoms with Crippen LogP contribution in [-0.2, 0) is 19.5 Å². The molecule has 4 rings (SSSR count). The van der Waals surface area contributed by atoms with Crippen molar-refractivity contribution >= 4 is 11.6 Å². The van der Waals surface area contributed by atoms with Gasteiger partial charge in [0.2, 0.25) is 5.95 Å². The van der Waals surface area contributed by atoms with Crippen LogP contribution in [0.5, 0.6) is 0 Å². The summed E-state index contributed by atoms with van der Waals surface area (Å²) in [5.41, 5.74) is 5.31. The van der Waals surface area contributed by atoms with Gasteiger partial charge in [0.05, 0.1) is 13.3 Å². The fraction of sp³-hybridized carbons (Fsp3) is 0.333. The Kier molecular flexibility index (Phi) is 5.49. The number of rotatable bonds is 5. The third-order valence-corrected chi connectivity index (χ3v) is 5.63. The molecule has 3 aromatic rings. The molecule has 29 heavy (non-hydrogen) atoms. The number of benzene rings is 2. The highest BCUT2D eigenvalue weighted by molar-refractivity contribution is 5.58. The van der Waals surface area contributed by atoms with E-state index >= 15 is 0 Å². The van der Waals surface area contributed by atoms with E-state index in [1.807, 2.05) is 24.5 Å². The molecular formula is C24H28N4O. The first-order valence-electron chi connectivity index (χ1n) is 10.3. The number of nitrogens with zero attached hydrogens (tertiary/aromatic N) is 4. The molecule has 2 heterocycles. The molecular weight excluding hydrogens is 360 g/mol. The standard InChI is InChI=1S/C24H28N4O/c1-4-22-19(3)25-24-27(21-12-10-18(2)11-13-21)16-26(17-28(24)23(22)29)15-14-20-8-6-5-7-9-20/h5-13H,4,14-17H2,1-3H3. The second-order valence-corrected chi connectivity index (χ2v) is 7.74. The minimum Gasteiger partial charge on any atom is -0.298 e. The van der Waals surface area contributed by atoms with Gasteiger partial charge in [-0.25, -0.2) is 4.98 Å². The van der Waals surface area contributed by atoms with Crippen LogP contribution >= 0.6 is 0 Å². The van der Waals surface area contributed by atoms with Crippen LogP contribution in [0.4, 0.5) is 11.6 Å². The van der Waals surface area contributed by atoms with Crippen molar-refractivity contribution < 1.29 is 0 Å². The molecule has 0 fully saturated rings. The van der Waals surface area contributed by atoms with Gasteiger partial charge in [-0.3, -0.25) is 19.2 Å². The number of hydrogen-bond acceptors (Lipinski definition) is 4. The molecule has 2 aromatic carbocycles. The van der Waals surface area contributed by atoms with Gasteiger partial charge in [-0.15, -0.1) is 0 Å². The van der Waals surface area contributed by atoms with Crippen molar-refractivity contribution in [2.45, 2.75) is 40.3 Å². The van der Waals surface area contributed by atoms with E-state index in [1.54, 1.807) is 0 Å². The van der Waals surface area contributed by atoms with Gasteiger partial charge in [0.15, 0.2) is 0 Å². The molecule has 0 atom stereocenters.